The van der Waals surface area contributed by atoms with Crippen LogP contribution in [0.5, 0.6) is 0 Å². The van der Waals surface area contributed by atoms with E-state index in [1.807, 2.05) is 0 Å². The Morgan fingerprint density at radius 2 is 2.08 bits per heavy atom. The zero-order chi connectivity index (χ0) is 10.1. The third-order valence-corrected chi connectivity index (χ3v) is 1.96. The molecule has 0 fully saturated rings. The molecule has 0 aliphatic rings. The predicted molar refractivity (Wildman–Crippen MR) is 46.6 cm³/mol. The minimum absolute atomic E-state index is 0.0782. The standard InChI is InChI=1S/C6H5ClFNO3S/c7-5-3-4(8)1-2-6(5)9-13(10,11)12/h1-3,9H,(H,10,11,12). The molecule has 0 radical (unpaired) electrons. The molecule has 0 aliphatic carbocycles. The van der Waals surface area contributed by atoms with Crippen molar-refractivity contribution in [3.63, 3.8) is 0 Å². The van der Waals surface area contributed by atoms with E-state index in [2.05, 4.69) is 0 Å². The first-order valence-electron chi connectivity index (χ1n) is 3.09. The van der Waals surface area contributed by atoms with Gasteiger partial charge in [0.05, 0.1) is 10.7 Å². The SMILES string of the molecule is O=S(=O)(O)Nc1ccc(F)cc1Cl. The van der Waals surface area contributed by atoms with E-state index < -0.39 is 16.1 Å². The second-order valence-electron chi connectivity index (χ2n) is 2.20. The lowest BCUT2D eigenvalue weighted by Gasteiger charge is -2.03. The Bertz CT molecular complexity index is 420. The molecule has 72 valence electrons. The first-order chi connectivity index (χ1) is 5.88. The topological polar surface area (TPSA) is 66.4 Å². The number of nitrogens with one attached hydrogen (secondary N) is 1. The number of hydrogen-bond donors (Lipinski definition) is 2. The maximum atomic E-state index is 12.5. The molecule has 2 N–H and O–H groups in total. The van der Waals surface area contributed by atoms with Crippen molar-refractivity contribution in [2.45, 2.75) is 0 Å². The summed E-state index contributed by atoms with van der Waals surface area (Å²) in [5.74, 6) is -0.592. The Kier molecular flexibility index (Phi) is 2.74. The van der Waals surface area contributed by atoms with Crippen LogP contribution in [0.1, 0.15) is 0 Å². The van der Waals surface area contributed by atoms with E-state index in [-0.39, 0.29) is 10.7 Å². The molecule has 0 heterocycles. The van der Waals surface area contributed by atoms with Crippen LogP contribution in [-0.2, 0) is 10.3 Å². The van der Waals surface area contributed by atoms with Gasteiger partial charge in [0.2, 0.25) is 0 Å². The summed E-state index contributed by atoms with van der Waals surface area (Å²) in [5, 5.41) is -0.127. The van der Waals surface area contributed by atoms with Gasteiger partial charge in [-0.3, -0.25) is 9.27 Å². The van der Waals surface area contributed by atoms with Crippen LogP contribution in [0.2, 0.25) is 5.02 Å². The summed E-state index contributed by atoms with van der Waals surface area (Å²) in [5.41, 5.74) is -0.0782. The molecular weight excluding hydrogens is 221 g/mol. The highest BCUT2D eigenvalue weighted by molar-refractivity contribution is 7.87. The van der Waals surface area contributed by atoms with E-state index in [1.54, 1.807) is 4.72 Å². The number of rotatable bonds is 2. The van der Waals surface area contributed by atoms with Gasteiger partial charge >= 0.3 is 10.3 Å². The molecule has 0 aromatic heterocycles. The Labute approximate surface area is 79.2 Å². The highest BCUT2D eigenvalue weighted by Crippen LogP contribution is 2.22. The highest BCUT2D eigenvalue weighted by Gasteiger charge is 2.07. The van der Waals surface area contributed by atoms with Crippen molar-refractivity contribution < 1.29 is 17.4 Å². The molecule has 0 amide bonds. The molecular formula is C6H5ClFNO3S. The van der Waals surface area contributed by atoms with E-state index in [0.717, 1.165) is 18.2 Å². The summed E-state index contributed by atoms with van der Waals surface area (Å²) < 4.78 is 43.2. The van der Waals surface area contributed by atoms with E-state index in [4.69, 9.17) is 16.2 Å². The predicted octanol–water partition coefficient (Wildman–Crippen LogP) is 1.69. The summed E-state index contributed by atoms with van der Waals surface area (Å²) >= 11 is 5.46. The van der Waals surface area contributed by atoms with Crippen molar-refractivity contribution in [3.8, 4) is 0 Å². The fourth-order valence-electron chi connectivity index (χ4n) is 0.711. The molecule has 0 spiro atoms. The zero-order valence-electron chi connectivity index (χ0n) is 6.16. The average molecular weight is 226 g/mol. The Balaban J connectivity index is 3.04. The van der Waals surface area contributed by atoms with Gasteiger partial charge in [-0.25, -0.2) is 4.39 Å². The van der Waals surface area contributed by atoms with E-state index >= 15 is 0 Å². The van der Waals surface area contributed by atoms with Gasteiger partial charge in [-0.05, 0) is 18.2 Å². The first-order valence-corrected chi connectivity index (χ1v) is 4.90. The van der Waals surface area contributed by atoms with Gasteiger partial charge in [-0.1, -0.05) is 11.6 Å². The van der Waals surface area contributed by atoms with Gasteiger partial charge in [0.1, 0.15) is 5.82 Å². The molecule has 13 heavy (non-hydrogen) atoms. The van der Waals surface area contributed by atoms with Crippen LogP contribution in [0.25, 0.3) is 0 Å². The lowest BCUT2D eigenvalue weighted by molar-refractivity contribution is 0.489. The van der Waals surface area contributed by atoms with Crippen LogP contribution in [-0.4, -0.2) is 13.0 Å². The molecule has 1 aromatic rings. The largest absolute Gasteiger partial charge is 0.357 e. The lowest BCUT2D eigenvalue weighted by atomic mass is 10.3. The number of halogens is 2. The molecule has 0 saturated heterocycles. The molecule has 1 rings (SSSR count). The minimum atomic E-state index is -4.37. The van der Waals surface area contributed by atoms with Crippen LogP contribution in [0, 0.1) is 5.82 Å². The smallest absolute Gasteiger partial charge is 0.269 e. The summed E-state index contributed by atoms with van der Waals surface area (Å²) in [6.45, 7) is 0. The van der Waals surface area contributed by atoms with E-state index in [1.165, 1.54) is 0 Å². The Morgan fingerprint density at radius 1 is 1.46 bits per heavy atom. The minimum Gasteiger partial charge on any atom is -0.269 e. The molecule has 0 saturated carbocycles. The molecule has 1 aromatic carbocycles. The van der Waals surface area contributed by atoms with Gasteiger partial charge in [0, 0.05) is 0 Å². The second-order valence-corrected chi connectivity index (χ2v) is 3.76. The molecule has 0 atom stereocenters. The molecule has 0 unspecified atom stereocenters. The van der Waals surface area contributed by atoms with Crippen LogP contribution in [0.4, 0.5) is 10.1 Å². The zero-order valence-corrected chi connectivity index (χ0v) is 7.73. The fourth-order valence-corrected chi connectivity index (χ4v) is 1.44. The molecule has 7 heteroatoms. The fraction of sp³-hybridized carbons (Fsp3) is 0. The quantitative estimate of drug-likeness (QED) is 0.753. The van der Waals surface area contributed by atoms with Gasteiger partial charge < -0.3 is 0 Å². The first kappa shape index (κ1) is 10.2. The van der Waals surface area contributed by atoms with Crippen LogP contribution < -0.4 is 4.72 Å². The van der Waals surface area contributed by atoms with Crippen LogP contribution >= 0.6 is 11.6 Å². The average Bonchev–Trinajstić information content (AvgIpc) is 1.93. The number of anilines is 1. The summed E-state index contributed by atoms with van der Waals surface area (Å²) in [6.07, 6.45) is 0. The summed E-state index contributed by atoms with van der Waals surface area (Å²) in [6, 6.07) is 3.04. The van der Waals surface area contributed by atoms with Crippen molar-refractivity contribution in [1.82, 2.24) is 0 Å². The maximum Gasteiger partial charge on any atom is 0.357 e. The maximum absolute atomic E-state index is 12.5. The monoisotopic (exact) mass is 225 g/mol. The van der Waals surface area contributed by atoms with E-state index in [0.29, 0.717) is 0 Å². The van der Waals surface area contributed by atoms with Gasteiger partial charge in [-0.15, -0.1) is 0 Å². The summed E-state index contributed by atoms with van der Waals surface area (Å²) in [7, 11) is -4.37. The normalized spacial score (nSPS) is 11.3. The van der Waals surface area contributed by atoms with Crippen molar-refractivity contribution >= 4 is 27.6 Å². The lowest BCUT2D eigenvalue weighted by Crippen LogP contribution is -2.10. The molecule has 4 nitrogen and oxygen atoms in total. The van der Waals surface area contributed by atoms with Crippen molar-refractivity contribution in [1.29, 1.82) is 0 Å². The van der Waals surface area contributed by atoms with Crippen molar-refractivity contribution in [2.75, 3.05) is 4.72 Å². The van der Waals surface area contributed by atoms with Crippen molar-refractivity contribution in [2.24, 2.45) is 0 Å². The highest BCUT2D eigenvalue weighted by atomic mass is 35.5. The van der Waals surface area contributed by atoms with Gasteiger partial charge in [0.25, 0.3) is 0 Å². The molecule has 0 aliphatic heterocycles. The number of benzene rings is 1. The number of hydrogen-bond acceptors (Lipinski definition) is 2. The third kappa shape index (κ3) is 3.17. The van der Waals surface area contributed by atoms with Gasteiger partial charge in [0.15, 0.2) is 0 Å². The molecule has 0 bridgehead atoms. The van der Waals surface area contributed by atoms with E-state index in [9.17, 15) is 12.8 Å². The van der Waals surface area contributed by atoms with Crippen LogP contribution in [0.3, 0.4) is 0 Å². The third-order valence-electron chi connectivity index (χ3n) is 1.17. The second kappa shape index (κ2) is 3.49. The summed E-state index contributed by atoms with van der Waals surface area (Å²) in [4.78, 5) is 0. The van der Waals surface area contributed by atoms with Gasteiger partial charge in [-0.2, -0.15) is 8.42 Å². The Morgan fingerprint density at radius 3 is 2.54 bits per heavy atom. The van der Waals surface area contributed by atoms with Crippen molar-refractivity contribution in [3.05, 3.63) is 29.0 Å². The Hall–Kier alpha value is -0.850. The van der Waals surface area contributed by atoms with Crippen LogP contribution in [0.15, 0.2) is 18.2 Å².